The third kappa shape index (κ3) is 7.50. The number of aldehydes is 1. The summed E-state index contributed by atoms with van der Waals surface area (Å²) in [6.45, 7) is 0.660. The zero-order chi connectivity index (χ0) is 22.1. The Bertz CT molecular complexity index is 949. The lowest BCUT2D eigenvalue weighted by Crippen LogP contribution is -2.46. The standard InChI is InChI=1S/C23H24N2O4S2/c1-24-23(30)31-21(13-26)12-16-3-2-4-19(8-5-16)29-20-9-6-17(7-10-20)11-18-14-28-15-22(27)25-18/h3-10,12-13,18H,2,11,14-15H2,1H3,(H,24,30)(H,25,27)/b21-12-. The molecule has 8 heteroatoms. The van der Waals surface area contributed by atoms with Crippen LogP contribution in [0.25, 0.3) is 0 Å². The van der Waals surface area contributed by atoms with Crippen LogP contribution in [-0.4, -0.2) is 42.8 Å². The highest BCUT2D eigenvalue weighted by Gasteiger charge is 2.18. The third-order valence-electron chi connectivity index (χ3n) is 4.51. The average Bonchev–Trinajstić information content (AvgIpc) is 2.99. The van der Waals surface area contributed by atoms with Crippen LogP contribution in [0.15, 0.2) is 70.9 Å². The molecule has 1 fully saturated rings. The Morgan fingerprint density at radius 2 is 2.13 bits per heavy atom. The van der Waals surface area contributed by atoms with Crippen molar-refractivity contribution in [1.82, 2.24) is 10.6 Å². The fourth-order valence-electron chi connectivity index (χ4n) is 3.05. The van der Waals surface area contributed by atoms with Crippen molar-refractivity contribution < 1.29 is 19.1 Å². The van der Waals surface area contributed by atoms with Crippen LogP contribution >= 0.6 is 24.0 Å². The Morgan fingerprint density at radius 3 is 2.84 bits per heavy atom. The molecule has 162 valence electrons. The van der Waals surface area contributed by atoms with Crippen LogP contribution in [0.5, 0.6) is 5.75 Å². The van der Waals surface area contributed by atoms with Gasteiger partial charge in [-0.1, -0.05) is 48.3 Å². The van der Waals surface area contributed by atoms with Gasteiger partial charge in [0.1, 0.15) is 22.4 Å². The molecule has 1 aromatic rings. The number of carbonyl (C=O) groups is 2. The molecule has 1 aromatic carbocycles. The molecule has 0 saturated carbocycles. The molecule has 2 N–H and O–H groups in total. The summed E-state index contributed by atoms with van der Waals surface area (Å²) in [6.07, 6.45) is 11.8. The molecule has 1 saturated heterocycles. The molecule has 3 rings (SSSR count). The number of ether oxygens (including phenoxy) is 2. The molecule has 0 spiro atoms. The third-order valence-corrected chi connectivity index (χ3v) is 5.80. The first kappa shape index (κ1) is 23.0. The number of amides is 1. The first-order chi connectivity index (χ1) is 15.1. The van der Waals surface area contributed by atoms with Gasteiger partial charge >= 0.3 is 0 Å². The number of nitrogens with one attached hydrogen (secondary N) is 2. The van der Waals surface area contributed by atoms with E-state index < -0.39 is 0 Å². The second-order valence-electron chi connectivity index (χ2n) is 6.91. The minimum Gasteiger partial charge on any atom is -0.458 e. The SMILES string of the molecule is CNC(=S)S/C(C=O)=C\C1=CCC=C(Oc2ccc(CC3COCC(=O)N3)cc2)C=C1. The normalized spacial score (nSPS) is 18.9. The predicted octanol–water partition coefficient (Wildman–Crippen LogP) is 3.21. The fraction of sp³-hybridized carbons (Fsp3) is 0.261. The lowest BCUT2D eigenvalue weighted by molar-refractivity contribution is -0.131. The highest BCUT2D eigenvalue weighted by molar-refractivity contribution is 8.25. The van der Waals surface area contributed by atoms with E-state index in [1.807, 2.05) is 48.6 Å². The number of benzene rings is 1. The summed E-state index contributed by atoms with van der Waals surface area (Å²) >= 11 is 6.33. The summed E-state index contributed by atoms with van der Waals surface area (Å²) in [7, 11) is 1.73. The van der Waals surface area contributed by atoms with Crippen LogP contribution in [-0.2, 0) is 20.7 Å². The first-order valence-electron chi connectivity index (χ1n) is 9.84. The van der Waals surface area contributed by atoms with E-state index >= 15 is 0 Å². The highest BCUT2D eigenvalue weighted by atomic mass is 32.2. The number of rotatable bonds is 7. The van der Waals surface area contributed by atoms with Crippen molar-refractivity contribution in [2.75, 3.05) is 20.3 Å². The maximum atomic E-state index is 11.4. The summed E-state index contributed by atoms with van der Waals surface area (Å²) in [5, 5.41) is 5.77. The summed E-state index contributed by atoms with van der Waals surface area (Å²) in [4.78, 5) is 23.3. The second-order valence-corrected chi connectivity index (χ2v) is 8.66. The quantitative estimate of drug-likeness (QED) is 0.371. The Morgan fingerprint density at radius 1 is 1.32 bits per heavy atom. The van der Waals surface area contributed by atoms with Crippen molar-refractivity contribution in [3.8, 4) is 5.75 Å². The van der Waals surface area contributed by atoms with E-state index in [1.54, 1.807) is 13.1 Å². The topological polar surface area (TPSA) is 76.7 Å². The molecule has 6 nitrogen and oxygen atoms in total. The number of hydrogen-bond donors (Lipinski definition) is 2. The minimum absolute atomic E-state index is 0.00468. The Kier molecular flexibility index (Phi) is 8.63. The van der Waals surface area contributed by atoms with Gasteiger partial charge in [-0.25, -0.2) is 0 Å². The molecule has 1 heterocycles. The van der Waals surface area contributed by atoms with Gasteiger partial charge in [-0.05, 0) is 54.3 Å². The van der Waals surface area contributed by atoms with E-state index in [0.29, 0.717) is 28.7 Å². The maximum absolute atomic E-state index is 11.4. The summed E-state index contributed by atoms with van der Waals surface area (Å²) < 4.78 is 11.8. The van der Waals surface area contributed by atoms with Gasteiger partial charge in [0.05, 0.1) is 17.6 Å². The van der Waals surface area contributed by atoms with Crippen molar-refractivity contribution in [2.24, 2.45) is 0 Å². The van der Waals surface area contributed by atoms with E-state index in [2.05, 4.69) is 10.6 Å². The van der Waals surface area contributed by atoms with Crippen molar-refractivity contribution in [3.63, 3.8) is 0 Å². The van der Waals surface area contributed by atoms with E-state index in [1.165, 1.54) is 11.8 Å². The van der Waals surface area contributed by atoms with Gasteiger partial charge in [-0.3, -0.25) is 9.59 Å². The van der Waals surface area contributed by atoms with Gasteiger partial charge < -0.3 is 20.1 Å². The smallest absolute Gasteiger partial charge is 0.246 e. The number of thiocarbonyl (C=S) groups is 1. The number of thioether (sulfide) groups is 1. The zero-order valence-electron chi connectivity index (χ0n) is 17.1. The summed E-state index contributed by atoms with van der Waals surface area (Å²) in [5.41, 5.74) is 2.01. The van der Waals surface area contributed by atoms with E-state index in [4.69, 9.17) is 21.7 Å². The molecular weight excluding hydrogens is 432 g/mol. The van der Waals surface area contributed by atoms with Gasteiger partial charge in [0.25, 0.3) is 0 Å². The Hall–Kier alpha value is -2.68. The van der Waals surface area contributed by atoms with Crippen LogP contribution in [0.3, 0.4) is 0 Å². The molecule has 0 radical (unpaired) electrons. The van der Waals surface area contributed by atoms with Gasteiger partial charge in [0, 0.05) is 7.05 Å². The summed E-state index contributed by atoms with van der Waals surface area (Å²) in [6, 6.07) is 7.79. The predicted molar refractivity (Wildman–Crippen MR) is 127 cm³/mol. The largest absolute Gasteiger partial charge is 0.458 e. The van der Waals surface area contributed by atoms with Crippen LogP contribution < -0.4 is 15.4 Å². The molecule has 1 atom stereocenters. The van der Waals surface area contributed by atoms with E-state index in [9.17, 15) is 9.59 Å². The average molecular weight is 457 g/mol. The Balaban J connectivity index is 1.56. The van der Waals surface area contributed by atoms with Crippen molar-refractivity contribution >= 4 is 40.5 Å². The van der Waals surface area contributed by atoms with Crippen molar-refractivity contribution in [1.29, 1.82) is 0 Å². The first-order valence-corrected chi connectivity index (χ1v) is 11.1. The molecular formula is C23H24N2O4S2. The van der Waals surface area contributed by atoms with Gasteiger partial charge in [0.2, 0.25) is 5.91 Å². The van der Waals surface area contributed by atoms with Crippen LogP contribution in [0.1, 0.15) is 12.0 Å². The number of carbonyl (C=O) groups excluding carboxylic acids is 2. The highest BCUT2D eigenvalue weighted by Crippen LogP contribution is 2.22. The zero-order valence-corrected chi connectivity index (χ0v) is 18.8. The monoisotopic (exact) mass is 456 g/mol. The van der Waals surface area contributed by atoms with E-state index in [-0.39, 0.29) is 18.6 Å². The van der Waals surface area contributed by atoms with Crippen LogP contribution in [0, 0.1) is 0 Å². The molecule has 31 heavy (non-hydrogen) atoms. The number of hydrogen-bond acceptors (Lipinski definition) is 6. The van der Waals surface area contributed by atoms with Crippen LogP contribution in [0.4, 0.5) is 0 Å². The van der Waals surface area contributed by atoms with Crippen molar-refractivity contribution in [3.05, 3.63) is 76.4 Å². The Labute approximate surface area is 191 Å². The van der Waals surface area contributed by atoms with Gasteiger partial charge in [-0.2, -0.15) is 0 Å². The second kappa shape index (κ2) is 11.6. The van der Waals surface area contributed by atoms with Gasteiger partial charge in [-0.15, -0.1) is 0 Å². The molecule has 2 aliphatic rings. The van der Waals surface area contributed by atoms with E-state index in [0.717, 1.165) is 28.9 Å². The lowest BCUT2D eigenvalue weighted by atomic mass is 10.1. The molecule has 1 aliphatic heterocycles. The van der Waals surface area contributed by atoms with Gasteiger partial charge in [0.15, 0.2) is 6.29 Å². The maximum Gasteiger partial charge on any atom is 0.246 e. The number of allylic oxidation sites excluding steroid dienone is 7. The number of morpholine rings is 1. The molecule has 0 aromatic heterocycles. The fourth-order valence-corrected chi connectivity index (χ4v) is 3.90. The molecule has 1 unspecified atom stereocenters. The van der Waals surface area contributed by atoms with Crippen molar-refractivity contribution in [2.45, 2.75) is 18.9 Å². The molecule has 1 aliphatic carbocycles. The lowest BCUT2D eigenvalue weighted by Gasteiger charge is -2.23. The minimum atomic E-state index is -0.0743. The molecule has 1 amide bonds. The summed E-state index contributed by atoms with van der Waals surface area (Å²) in [5.74, 6) is 1.38. The molecule has 0 bridgehead atoms. The van der Waals surface area contributed by atoms with Crippen LogP contribution in [0.2, 0.25) is 0 Å².